The predicted octanol–water partition coefficient (Wildman–Crippen LogP) is 4.44. The van der Waals surface area contributed by atoms with Gasteiger partial charge in [0.25, 0.3) is 5.91 Å². The van der Waals surface area contributed by atoms with Gasteiger partial charge in [-0.05, 0) is 57.6 Å². The number of nitrogens with zero attached hydrogens (tertiary/aromatic N) is 2. The molecule has 2 aromatic carbocycles. The first-order valence-corrected chi connectivity index (χ1v) is 20.4. The van der Waals surface area contributed by atoms with Crippen molar-refractivity contribution in [3.63, 3.8) is 0 Å². The van der Waals surface area contributed by atoms with E-state index in [1.807, 2.05) is 84.0 Å². The van der Waals surface area contributed by atoms with Gasteiger partial charge in [0.1, 0.15) is 35.2 Å². The number of urea groups is 1. The molecule has 0 bridgehead atoms. The van der Waals surface area contributed by atoms with Crippen LogP contribution in [0, 0.1) is 11.3 Å². The first-order valence-electron chi connectivity index (χ1n) is 18.9. The van der Waals surface area contributed by atoms with Gasteiger partial charge in [-0.25, -0.2) is 18.2 Å². The number of aromatic nitrogens is 1. The molecule has 15 heteroatoms. The van der Waals surface area contributed by atoms with Gasteiger partial charge in [-0.2, -0.15) is 0 Å². The Bertz CT molecular complexity index is 2140. The van der Waals surface area contributed by atoms with Crippen LogP contribution in [0.4, 0.5) is 4.79 Å². The zero-order valence-corrected chi connectivity index (χ0v) is 33.8. The number of carbonyl (C=O) groups is 4. The minimum absolute atomic E-state index is 0.0279. The Kier molecular flexibility index (Phi) is 10.9. The van der Waals surface area contributed by atoms with Crippen LogP contribution in [0.3, 0.4) is 0 Å². The summed E-state index contributed by atoms with van der Waals surface area (Å²) >= 11 is 0. The number of hydrogen-bond acceptors (Lipinski definition) is 9. The van der Waals surface area contributed by atoms with Gasteiger partial charge >= 0.3 is 6.03 Å². The molecule has 5 amide bonds. The number of carbonyl (C=O) groups excluding carboxylic acids is 4. The molecular weight excluding hydrogens is 737 g/mol. The third-order valence-corrected chi connectivity index (χ3v) is 12.1. The second kappa shape index (κ2) is 15.1. The zero-order valence-electron chi connectivity index (χ0n) is 33.0. The number of fused-ring (bicyclic) bond motifs is 1. The zero-order chi connectivity index (χ0) is 40.8. The number of amides is 5. The summed E-state index contributed by atoms with van der Waals surface area (Å²) in [5.41, 5.74) is -0.839. The van der Waals surface area contributed by atoms with Crippen LogP contribution in [-0.2, 0) is 24.4 Å². The number of nitrogens with one attached hydrogen (secondary N) is 4. The van der Waals surface area contributed by atoms with Gasteiger partial charge in [-0.3, -0.25) is 19.1 Å². The Morgan fingerprint density at radius 1 is 1.02 bits per heavy atom. The fourth-order valence-corrected chi connectivity index (χ4v) is 8.42. The quantitative estimate of drug-likeness (QED) is 0.193. The maximum atomic E-state index is 14.7. The van der Waals surface area contributed by atoms with Crippen molar-refractivity contribution in [3.8, 4) is 22.8 Å². The molecule has 2 saturated carbocycles. The van der Waals surface area contributed by atoms with E-state index in [0.717, 1.165) is 5.56 Å². The Labute approximate surface area is 328 Å². The minimum atomic E-state index is -3.91. The summed E-state index contributed by atoms with van der Waals surface area (Å²) in [7, 11) is -2.34. The van der Waals surface area contributed by atoms with E-state index in [2.05, 4.69) is 27.3 Å². The first-order chi connectivity index (χ1) is 26.2. The number of sulfonamides is 1. The van der Waals surface area contributed by atoms with E-state index in [-0.39, 0.29) is 19.4 Å². The molecule has 4 N–H and O–H groups in total. The van der Waals surface area contributed by atoms with E-state index < -0.39 is 79.6 Å². The summed E-state index contributed by atoms with van der Waals surface area (Å²) in [5.74, 6) is -1.47. The van der Waals surface area contributed by atoms with Crippen LogP contribution in [0.15, 0.2) is 67.3 Å². The van der Waals surface area contributed by atoms with Crippen molar-refractivity contribution in [1.29, 1.82) is 0 Å². The van der Waals surface area contributed by atoms with E-state index in [9.17, 15) is 27.6 Å². The standard InChI is InChI=1S/C41H52N6O8S/c1-9-25-22-41(25,37(50)46-56(52,53)28-16-17-28)44-35(48)32-20-27(23-47(32)36(49)34(39(2,3)4)43-38(51)45-40(5,6)7)55-33-21-30(24-13-11-10-12-14-24)42-31-19-26(54-8)15-18-29(31)33/h9-15,18-19,21,25,27-28,32,34H,1,16-17,20,22-23H2,2-8H3,(H,44,48)(H,46,50)(H2,43,45,51). The van der Waals surface area contributed by atoms with Crippen LogP contribution in [-0.4, -0.2) is 90.2 Å². The second-order valence-electron chi connectivity index (χ2n) is 17.1. The van der Waals surface area contributed by atoms with Crippen molar-refractivity contribution in [1.82, 2.24) is 30.6 Å². The summed E-state index contributed by atoms with van der Waals surface area (Å²) in [6.07, 6.45) is 1.87. The van der Waals surface area contributed by atoms with Crippen molar-refractivity contribution in [2.45, 2.75) is 102 Å². The fraction of sp³-hybridized carbons (Fsp3) is 0.488. The Morgan fingerprint density at radius 2 is 1.71 bits per heavy atom. The lowest BCUT2D eigenvalue weighted by Gasteiger charge is -2.36. The number of likely N-dealkylation sites (tertiary alicyclic amines) is 1. The van der Waals surface area contributed by atoms with Crippen LogP contribution in [0.1, 0.15) is 67.2 Å². The third kappa shape index (κ3) is 8.77. The summed E-state index contributed by atoms with van der Waals surface area (Å²) in [6.45, 7) is 14.7. The molecule has 300 valence electrons. The van der Waals surface area contributed by atoms with Crippen LogP contribution in [0.5, 0.6) is 11.5 Å². The normalized spacial score (nSPS) is 22.8. The first kappa shape index (κ1) is 40.5. The Balaban J connectivity index is 1.34. The predicted molar refractivity (Wildman–Crippen MR) is 212 cm³/mol. The van der Waals surface area contributed by atoms with Crippen molar-refractivity contribution in [2.24, 2.45) is 11.3 Å². The topological polar surface area (TPSA) is 185 Å². The van der Waals surface area contributed by atoms with Crippen molar-refractivity contribution in [2.75, 3.05) is 13.7 Å². The van der Waals surface area contributed by atoms with Crippen LogP contribution < -0.4 is 30.1 Å². The summed E-state index contributed by atoms with van der Waals surface area (Å²) in [4.78, 5) is 62.1. The van der Waals surface area contributed by atoms with E-state index in [0.29, 0.717) is 40.9 Å². The smallest absolute Gasteiger partial charge is 0.315 e. The molecule has 3 fully saturated rings. The highest BCUT2D eigenvalue weighted by molar-refractivity contribution is 7.91. The monoisotopic (exact) mass is 788 g/mol. The highest BCUT2D eigenvalue weighted by Gasteiger charge is 2.62. The number of hydrogen-bond donors (Lipinski definition) is 4. The maximum absolute atomic E-state index is 14.7. The third-order valence-electron chi connectivity index (χ3n) is 10.3. The van der Waals surface area contributed by atoms with E-state index in [1.165, 1.54) is 11.0 Å². The number of rotatable bonds is 12. The highest BCUT2D eigenvalue weighted by atomic mass is 32.2. The lowest BCUT2D eigenvalue weighted by molar-refractivity contribution is -0.142. The molecular formula is C41H52N6O8S. The second-order valence-corrected chi connectivity index (χ2v) is 19.0. The highest BCUT2D eigenvalue weighted by Crippen LogP contribution is 2.46. The fourth-order valence-electron chi connectivity index (χ4n) is 7.05. The summed E-state index contributed by atoms with van der Waals surface area (Å²) < 4.78 is 39.9. The van der Waals surface area contributed by atoms with Crippen LogP contribution in [0.2, 0.25) is 0 Å². The Hall–Kier alpha value is -5.18. The van der Waals surface area contributed by atoms with Gasteiger partial charge in [0.05, 0.1) is 30.1 Å². The lowest BCUT2D eigenvalue weighted by Crippen LogP contribution is -2.61. The lowest BCUT2D eigenvalue weighted by atomic mass is 9.85. The van der Waals surface area contributed by atoms with Crippen molar-refractivity contribution in [3.05, 3.63) is 67.3 Å². The average Bonchev–Trinajstić information content (AvgIpc) is 4.06. The molecule has 5 unspecified atom stereocenters. The molecule has 1 aromatic heterocycles. The SMILES string of the molecule is C=CC1CC1(NC(=O)C1CC(Oc2cc(-c3ccccc3)nc3cc(OC)ccc23)CN1C(=O)C(NC(=O)NC(C)(C)C)C(C)(C)C)C(=O)NS(=O)(=O)C1CC1. The van der Waals surface area contributed by atoms with Crippen LogP contribution in [0.25, 0.3) is 22.2 Å². The molecule has 5 atom stereocenters. The Morgan fingerprint density at radius 3 is 2.30 bits per heavy atom. The van der Waals surface area contributed by atoms with Crippen molar-refractivity contribution < 1.29 is 37.1 Å². The molecule has 56 heavy (non-hydrogen) atoms. The van der Waals surface area contributed by atoms with Gasteiger partial charge in [-0.1, -0.05) is 57.2 Å². The number of benzene rings is 2. The van der Waals surface area contributed by atoms with Gasteiger partial charge in [-0.15, -0.1) is 6.58 Å². The van der Waals surface area contributed by atoms with E-state index in [1.54, 1.807) is 19.2 Å². The average molecular weight is 789 g/mol. The summed E-state index contributed by atoms with van der Waals surface area (Å²) in [6, 6.07) is 14.1. The molecule has 3 aliphatic rings. The molecule has 1 aliphatic heterocycles. The van der Waals surface area contributed by atoms with E-state index in [4.69, 9.17) is 14.5 Å². The van der Waals surface area contributed by atoms with E-state index >= 15 is 0 Å². The number of ether oxygens (including phenoxy) is 2. The van der Waals surface area contributed by atoms with Gasteiger partial charge < -0.3 is 30.3 Å². The molecule has 0 radical (unpaired) electrons. The molecule has 2 aliphatic carbocycles. The largest absolute Gasteiger partial charge is 0.497 e. The van der Waals surface area contributed by atoms with Gasteiger partial charge in [0.15, 0.2) is 0 Å². The number of methoxy groups -OCH3 is 1. The van der Waals surface area contributed by atoms with Crippen molar-refractivity contribution >= 4 is 44.7 Å². The summed E-state index contributed by atoms with van der Waals surface area (Å²) in [5, 5.41) is 8.53. The van der Waals surface area contributed by atoms with Gasteiger partial charge in [0, 0.05) is 41.0 Å². The molecule has 1 saturated heterocycles. The maximum Gasteiger partial charge on any atom is 0.315 e. The molecule has 2 heterocycles. The van der Waals surface area contributed by atoms with Gasteiger partial charge in [0.2, 0.25) is 21.8 Å². The molecule has 3 aromatic rings. The molecule has 14 nitrogen and oxygen atoms in total. The molecule has 0 spiro atoms. The number of pyridine rings is 1. The van der Waals surface area contributed by atoms with Crippen LogP contribution >= 0.6 is 0 Å². The molecule has 6 rings (SSSR count). The minimum Gasteiger partial charge on any atom is -0.497 e.